The molecule has 3 heteroatoms. The molecular weight excluding hydrogens is 188 g/mol. The lowest BCUT2D eigenvalue weighted by atomic mass is 10.1. The van der Waals surface area contributed by atoms with Gasteiger partial charge in [0.25, 0.3) is 0 Å². The summed E-state index contributed by atoms with van der Waals surface area (Å²) in [5.41, 5.74) is 1.27. The van der Waals surface area contributed by atoms with E-state index in [1.54, 1.807) is 6.20 Å². The summed E-state index contributed by atoms with van der Waals surface area (Å²) in [6, 6.07) is 4.56. The van der Waals surface area contributed by atoms with Crippen LogP contribution in [0.4, 0.5) is 0 Å². The minimum absolute atomic E-state index is 0.248. The number of likely N-dealkylation sites (tertiary alicyclic amines) is 1. The lowest BCUT2D eigenvalue weighted by molar-refractivity contribution is 0.119. The highest BCUT2D eigenvalue weighted by atomic mass is 16.3. The van der Waals surface area contributed by atoms with Crippen LogP contribution in [0.3, 0.4) is 0 Å². The van der Waals surface area contributed by atoms with Gasteiger partial charge in [0.2, 0.25) is 0 Å². The quantitative estimate of drug-likeness (QED) is 0.816. The van der Waals surface area contributed by atoms with Gasteiger partial charge >= 0.3 is 0 Å². The molecule has 0 aromatic carbocycles. The number of aromatic nitrogens is 1. The van der Waals surface area contributed by atoms with Crippen molar-refractivity contribution in [2.24, 2.45) is 0 Å². The molecule has 1 saturated heterocycles. The predicted octanol–water partition coefficient (Wildman–Crippen LogP) is 1.60. The molecule has 2 unspecified atom stereocenters. The number of aliphatic hydroxyl groups excluding tert-OH is 1. The zero-order valence-corrected chi connectivity index (χ0v) is 9.13. The zero-order valence-electron chi connectivity index (χ0n) is 9.13. The number of β-amino-alcohol motifs (C(OH)–C–C–N with tert-alkyl or cyclic N) is 1. The van der Waals surface area contributed by atoms with Gasteiger partial charge in [-0.05, 0) is 37.9 Å². The first-order valence-electron chi connectivity index (χ1n) is 5.59. The van der Waals surface area contributed by atoms with E-state index < -0.39 is 0 Å². The summed E-state index contributed by atoms with van der Waals surface area (Å²) < 4.78 is 0. The zero-order chi connectivity index (χ0) is 10.7. The van der Waals surface area contributed by atoms with Gasteiger partial charge in [0.05, 0.1) is 6.10 Å². The average molecular weight is 206 g/mol. The molecule has 0 spiro atoms. The molecule has 0 bridgehead atoms. The van der Waals surface area contributed by atoms with Crippen LogP contribution in [-0.4, -0.2) is 34.2 Å². The van der Waals surface area contributed by atoms with Crippen LogP contribution < -0.4 is 0 Å². The SMILES string of the molecule is CC(O)CN1CCCC1c1cccnc1. The molecule has 3 nitrogen and oxygen atoms in total. The second kappa shape index (κ2) is 4.73. The van der Waals surface area contributed by atoms with Crippen molar-refractivity contribution >= 4 is 0 Å². The van der Waals surface area contributed by atoms with Crippen molar-refractivity contribution in [3.05, 3.63) is 30.1 Å². The summed E-state index contributed by atoms with van der Waals surface area (Å²) in [5.74, 6) is 0. The largest absolute Gasteiger partial charge is 0.392 e. The Labute approximate surface area is 90.8 Å². The van der Waals surface area contributed by atoms with Crippen LogP contribution in [0.5, 0.6) is 0 Å². The Morgan fingerprint density at radius 1 is 1.67 bits per heavy atom. The van der Waals surface area contributed by atoms with E-state index in [0.29, 0.717) is 6.04 Å². The van der Waals surface area contributed by atoms with Gasteiger partial charge in [-0.2, -0.15) is 0 Å². The molecule has 1 aromatic rings. The van der Waals surface area contributed by atoms with E-state index in [1.165, 1.54) is 18.4 Å². The number of hydrogen-bond acceptors (Lipinski definition) is 3. The molecule has 0 amide bonds. The molecule has 1 fully saturated rings. The molecule has 2 heterocycles. The van der Waals surface area contributed by atoms with E-state index in [9.17, 15) is 5.11 Å². The fourth-order valence-electron chi connectivity index (χ4n) is 2.33. The molecule has 1 aliphatic rings. The third kappa shape index (κ3) is 2.55. The van der Waals surface area contributed by atoms with Crippen LogP contribution in [0, 0.1) is 0 Å². The topological polar surface area (TPSA) is 36.4 Å². The Balaban J connectivity index is 2.08. The normalized spacial score (nSPS) is 24.3. The first-order valence-corrected chi connectivity index (χ1v) is 5.59. The Bertz CT molecular complexity index is 300. The fourth-order valence-corrected chi connectivity index (χ4v) is 2.33. The average Bonchev–Trinajstić information content (AvgIpc) is 2.66. The van der Waals surface area contributed by atoms with E-state index in [-0.39, 0.29) is 6.10 Å². The van der Waals surface area contributed by atoms with Crippen LogP contribution in [0.25, 0.3) is 0 Å². The molecule has 0 radical (unpaired) electrons. The first kappa shape index (κ1) is 10.6. The van der Waals surface area contributed by atoms with E-state index in [2.05, 4.69) is 16.0 Å². The highest BCUT2D eigenvalue weighted by molar-refractivity contribution is 5.15. The van der Waals surface area contributed by atoms with Crippen molar-refractivity contribution in [2.45, 2.75) is 31.9 Å². The summed E-state index contributed by atoms with van der Waals surface area (Å²) in [5, 5.41) is 9.42. The molecule has 15 heavy (non-hydrogen) atoms. The van der Waals surface area contributed by atoms with E-state index in [1.807, 2.05) is 19.2 Å². The van der Waals surface area contributed by atoms with Gasteiger partial charge < -0.3 is 5.11 Å². The summed E-state index contributed by atoms with van der Waals surface area (Å²) in [7, 11) is 0. The highest BCUT2D eigenvalue weighted by Gasteiger charge is 2.26. The smallest absolute Gasteiger partial charge is 0.0639 e. The first-order chi connectivity index (χ1) is 7.27. The van der Waals surface area contributed by atoms with Gasteiger partial charge in [-0.25, -0.2) is 0 Å². The molecule has 0 aliphatic carbocycles. The van der Waals surface area contributed by atoms with Crippen LogP contribution in [0.15, 0.2) is 24.5 Å². The third-order valence-electron chi connectivity index (χ3n) is 2.93. The summed E-state index contributed by atoms with van der Waals surface area (Å²) in [6.07, 6.45) is 5.88. The minimum Gasteiger partial charge on any atom is -0.392 e. The number of aliphatic hydroxyl groups is 1. The van der Waals surface area contributed by atoms with Gasteiger partial charge in [-0.3, -0.25) is 9.88 Å². The Kier molecular flexibility index (Phi) is 3.34. The molecule has 1 aliphatic heterocycles. The Hall–Kier alpha value is -0.930. The maximum Gasteiger partial charge on any atom is 0.0639 e. The van der Waals surface area contributed by atoms with Crippen molar-refractivity contribution in [2.75, 3.05) is 13.1 Å². The van der Waals surface area contributed by atoms with Crippen molar-refractivity contribution in [1.29, 1.82) is 0 Å². The molecule has 2 rings (SSSR count). The van der Waals surface area contributed by atoms with Crippen LogP contribution in [0.1, 0.15) is 31.4 Å². The molecule has 1 N–H and O–H groups in total. The predicted molar refractivity (Wildman–Crippen MR) is 59.5 cm³/mol. The monoisotopic (exact) mass is 206 g/mol. The van der Waals surface area contributed by atoms with Crippen LogP contribution in [-0.2, 0) is 0 Å². The lowest BCUT2D eigenvalue weighted by Gasteiger charge is -2.25. The van der Waals surface area contributed by atoms with Gasteiger partial charge in [-0.15, -0.1) is 0 Å². The van der Waals surface area contributed by atoms with Gasteiger partial charge in [0.1, 0.15) is 0 Å². The molecule has 2 atom stereocenters. The van der Waals surface area contributed by atoms with Crippen LogP contribution in [0.2, 0.25) is 0 Å². The molecular formula is C12H18N2O. The summed E-state index contributed by atoms with van der Waals surface area (Å²) >= 11 is 0. The molecule has 0 saturated carbocycles. The number of rotatable bonds is 3. The van der Waals surface area contributed by atoms with Gasteiger partial charge in [0.15, 0.2) is 0 Å². The summed E-state index contributed by atoms with van der Waals surface area (Å²) in [4.78, 5) is 6.50. The van der Waals surface area contributed by atoms with Gasteiger partial charge in [0, 0.05) is 25.0 Å². The Morgan fingerprint density at radius 2 is 2.53 bits per heavy atom. The summed E-state index contributed by atoms with van der Waals surface area (Å²) in [6.45, 7) is 3.70. The van der Waals surface area contributed by atoms with E-state index >= 15 is 0 Å². The second-order valence-corrected chi connectivity index (χ2v) is 4.29. The van der Waals surface area contributed by atoms with E-state index in [4.69, 9.17) is 0 Å². The van der Waals surface area contributed by atoms with Crippen molar-refractivity contribution in [3.8, 4) is 0 Å². The van der Waals surface area contributed by atoms with Crippen molar-refractivity contribution in [3.63, 3.8) is 0 Å². The third-order valence-corrected chi connectivity index (χ3v) is 2.93. The number of pyridine rings is 1. The maximum absolute atomic E-state index is 9.42. The van der Waals surface area contributed by atoms with Crippen molar-refractivity contribution < 1.29 is 5.11 Å². The van der Waals surface area contributed by atoms with Gasteiger partial charge in [-0.1, -0.05) is 6.07 Å². The second-order valence-electron chi connectivity index (χ2n) is 4.29. The molecule has 82 valence electrons. The minimum atomic E-state index is -0.248. The highest BCUT2D eigenvalue weighted by Crippen LogP contribution is 2.31. The lowest BCUT2D eigenvalue weighted by Crippen LogP contribution is -2.30. The maximum atomic E-state index is 9.42. The fraction of sp³-hybridized carbons (Fsp3) is 0.583. The number of hydrogen-bond donors (Lipinski definition) is 1. The Morgan fingerprint density at radius 3 is 3.20 bits per heavy atom. The van der Waals surface area contributed by atoms with Crippen LogP contribution >= 0.6 is 0 Å². The van der Waals surface area contributed by atoms with E-state index in [0.717, 1.165) is 13.1 Å². The van der Waals surface area contributed by atoms with Crippen molar-refractivity contribution in [1.82, 2.24) is 9.88 Å². The number of nitrogens with zero attached hydrogens (tertiary/aromatic N) is 2. The molecule has 1 aromatic heterocycles. The standard InChI is InChI=1S/C12H18N2O/c1-10(15)9-14-7-3-5-12(14)11-4-2-6-13-8-11/h2,4,6,8,10,12,15H,3,5,7,9H2,1H3.